The third-order valence-corrected chi connectivity index (χ3v) is 5.48. The zero-order valence-corrected chi connectivity index (χ0v) is 17.7. The largest absolute Gasteiger partial charge is 0.355 e. The van der Waals surface area contributed by atoms with Crippen LogP contribution in [0.5, 0.6) is 0 Å². The Hall–Kier alpha value is -1.96. The number of rotatable bonds is 3. The number of carbonyl (C=O) groups excluding carboxylic acids is 1. The van der Waals surface area contributed by atoms with Gasteiger partial charge < -0.3 is 15.1 Å². The molecule has 2 aliphatic heterocycles. The summed E-state index contributed by atoms with van der Waals surface area (Å²) < 4.78 is 13.7. The number of nitrogens with zero attached hydrogens (tertiary/aromatic N) is 4. The highest BCUT2D eigenvalue weighted by molar-refractivity contribution is 5.85. The van der Waals surface area contributed by atoms with Gasteiger partial charge in [-0.05, 0) is 30.5 Å². The molecule has 2 saturated heterocycles. The Morgan fingerprint density at radius 1 is 1.14 bits per heavy atom. The van der Waals surface area contributed by atoms with Crippen molar-refractivity contribution in [1.82, 2.24) is 20.2 Å². The lowest BCUT2D eigenvalue weighted by atomic mass is 9.93. The second kappa shape index (κ2) is 10.7. The number of amides is 1. The van der Waals surface area contributed by atoms with Crippen LogP contribution in [0.3, 0.4) is 0 Å². The van der Waals surface area contributed by atoms with Gasteiger partial charge in [-0.3, -0.25) is 9.78 Å². The van der Waals surface area contributed by atoms with E-state index >= 15 is 0 Å². The van der Waals surface area contributed by atoms with Gasteiger partial charge in [0.1, 0.15) is 11.6 Å². The highest BCUT2D eigenvalue weighted by Gasteiger charge is 2.34. The van der Waals surface area contributed by atoms with Crippen molar-refractivity contribution < 1.29 is 9.18 Å². The summed E-state index contributed by atoms with van der Waals surface area (Å²) in [7, 11) is 0. The van der Waals surface area contributed by atoms with Gasteiger partial charge in [-0.1, -0.05) is 12.1 Å². The standard InChI is InChI=1S/C20H24FN5O.2ClH/c21-17-3-1-2-16(12-17)18-13-23-8-11-26(18)20(27)15-4-9-25(10-5-15)19-14-22-6-7-24-19;;/h1-3,6-7,12,14-15,18,23H,4-5,8-11,13H2;2*1H. The number of hydrogen-bond donors (Lipinski definition) is 1. The monoisotopic (exact) mass is 441 g/mol. The molecule has 9 heteroatoms. The van der Waals surface area contributed by atoms with E-state index < -0.39 is 0 Å². The van der Waals surface area contributed by atoms with Crippen LogP contribution >= 0.6 is 24.8 Å². The Morgan fingerprint density at radius 2 is 1.93 bits per heavy atom. The molecule has 2 aliphatic rings. The Bertz CT molecular complexity index is 789. The number of aromatic nitrogens is 2. The summed E-state index contributed by atoms with van der Waals surface area (Å²) in [5, 5.41) is 3.33. The second-order valence-electron chi connectivity index (χ2n) is 7.13. The Morgan fingerprint density at radius 3 is 2.62 bits per heavy atom. The highest BCUT2D eigenvalue weighted by atomic mass is 35.5. The molecule has 0 radical (unpaired) electrons. The molecule has 2 aromatic rings. The third-order valence-electron chi connectivity index (χ3n) is 5.48. The molecular weight excluding hydrogens is 416 g/mol. The normalized spacial score (nSPS) is 19.8. The van der Waals surface area contributed by atoms with Gasteiger partial charge in [0, 0.05) is 51.0 Å². The minimum atomic E-state index is -0.261. The number of benzene rings is 1. The Kier molecular flexibility index (Phi) is 8.61. The van der Waals surface area contributed by atoms with E-state index in [1.54, 1.807) is 24.7 Å². The van der Waals surface area contributed by atoms with Crippen LogP contribution < -0.4 is 10.2 Å². The predicted octanol–water partition coefficient (Wildman–Crippen LogP) is 2.85. The van der Waals surface area contributed by atoms with Crippen molar-refractivity contribution in [3.8, 4) is 0 Å². The molecule has 3 heterocycles. The van der Waals surface area contributed by atoms with E-state index in [-0.39, 0.29) is 48.5 Å². The molecule has 1 N–H and O–H groups in total. The molecular formula is C20H26Cl2FN5O. The average molecular weight is 442 g/mol. The first-order chi connectivity index (χ1) is 13.2. The number of carbonyl (C=O) groups is 1. The number of anilines is 1. The van der Waals surface area contributed by atoms with Gasteiger partial charge in [0.05, 0.1) is 12.2 Å². The SMILES string of the molecule is Cl.Cl.O=C(C1CCN(c2cnccn2)CC1)N1CCNCC1c1cccc(F)c1. The van der Waals surface area contributed by atoms with E-state index in [1.165, 1.54) is 12.1 Å². The fraction of sp³-hybridized carbons (Fsp3) is 0.450. The van der Waals surface area contributed by atoms with Gasteiger partial charge in [-0.25, -0.2) is 9.37 Å². The molecule has 4 rings (SSSR count). The summed E-state index contributed by atoms with van der Waals surface area (Å²) in [6.45, 7) is 3.69. The maximum Gasteiger partial charge on any atom is 0.226 e. The first kappa shape index (κ1) is 23.3. The summed E-state index contributed by atoms with van der Waals surface area (Å²) in [6.07, 6.45) is 6.72. The van der Waals surface area contributed by atoms with Crippen molar-refractivity contribution in [2.24, 2.45) is 5.92 Å². The van der Waals surface area contributed by atoms with Crippen molar-refractivity contribution in [2.75, 3.05) is 37.6 Å². The fourth-order valence-corrected chi connectivity index (χ4v) is 4.02. The van der Waals surface area contributed by atoms with Crippen molar-refractivity contribution in [3.63, 3.8) is 0 Å². The molecule has 6 nitrogen and oxygen atoms in total. The van der Waals surface area contributed by atoms with Gasteiger partial charge in [-0.2, -0.15) is 0 Å². The maximum atomic E-state index is 13.7. The van der Waals surface area contributed by atoms with Gasteiger partial charge in [0.15, 0.2) is 0 Å². The average Bonchev–Trinajstić information content (AvgIpc) is 2.74. The number of nitrogens with one attached hydrogen (secondary N) is 1. The van der Waals surface area contributed by atoms with Gasteiger partial charge in [-0.15, -0.1) is 24.8 Å². The number of hydrogen-bond acceptors (Lipinski definition) is 5. The smallest absolute Gasteiger partial charge is 0.226 e. The van der Waals surface area contributed by atoms with E-state index in [0.29, 0.717) is 13.1 Å². The number of halogens is 3. The van der Waals surface area contributed by atoms with Crippen LogP contribution in [-0.2, 0) is 4.79 Å². The van der Waals surface area contributed by atoms with E-state index in [1.807, 2.05) is 11.0 Å². The summed E-state index contributed by atoms with van der Waals surface area (Å²) in [6, 6.07) is 6.47. The molecule has 1 aromatic heterocycles. The Balaban J connectivity index is 0.00000150. The number of piperazine rings is 1. The molecule has 0 saturated carbocycles. The quantitative estimate of drug-likeness (QED) is 0.793. The molecule has 1 unspecified atom stereocenters. The summed E-state index contributed by atoms with van der Waals surface area (Å²) in [5.74, 6) is 0.794. The summed E-state index contributed by atoms with van der Waals surface area (Å²) in [4.78, 5) is 25.8. The van der Waals surface area contributed by atoms with E-state index in [2.05, 4.69) is 20.2 Å². The molecule has 1 aromatic carbocycles. The minimum Gasteiger partial charge on any atom is -0.355 e. The molecule has 2 fully saturated rings. The van der Waals surface area contributed by atoms with Gasteiger partial charge >= 0.3 is 0 Å². The Labute approximate surface area is 182 Å². The first-order valence-electron chi connectivity index (χ1n) is 9.50. The van der Waals surface area contributed by atoms with Crippen LogP contribution in [-0.4, -0.2) is 53.5 Å². The van der Waals surface area contributed by atoms with E-state index in [9.17, 15) is 9.18 Å². The molecule has 0 aliphatic carbocycles. The van der Waals surface area contributed by atoms with Crippen LogP contribution in [0.15, 0.2) is 42.9 Å². The predicted molar refractivity (Wildman–Crippen MR) is 115 cm³/mol. The molecule has 0 spiro atoms. The zero-order chi connectivity index (χ0) is 18.6. The van der Waals surface area contributed by atoms with E-state index in [4.69, 9.17) is 0 Å². The maximum absolute atomic E-state index is 13.7. The van der Waals surface area contributed by atoms with Crippen LogP contribution in [0.2, 0.25) is 0 Å². The van der Waals surface area contributed by atoms with Crippen molar-refractivity contribution in [1.29, 1.82) is 0 Å². The van der Waals surface area contributed by atoms with Crippen molar-refractivity contribution in [3.05, 3.63) is 54.2 Å². The highest BCUT2D eigenvalue weighted by Crippen LogP contribution is 2.28. The molecule has 0 bridgehead atoms. The van der Waals surface area contributed by atoms with Crippen LogP contribution in [0.4, 0.5) is 10.2 Å². The van der Waals surface area contributed by atoms with Crippen LogP contribution in [0.1, 0.15) is 24.4 Å². The number of piperidine rings is 1. The van der Waals surface area contributed by atoms with E-state index in [0.717, 1.165) is 43.9 Å². The van der Waals surface area contributed by atoms with Crippen LogP contribution in [0.25, 0.3) is 0 Å². The molecule has 1 amide bonds. The molecule has 29 heavy (non-hydrogen) atoms. The third kappa shape index (κ3) is 5.35. The summed E-state index contributed by atoms with van der Waals surface area (Å²) >= 11 is 0. The first-order valence-corrected chi connectivity index (χ1v) is 9.50. The van der Waals surface area contributed by atoms with Crippen molar-refractivity contribution >= 4 is 36.5 Å². The fourth-order valence-electron chi connectivity index (χ4n) is 4.02. The van der Waals surface area contributed by atoms with Gasteiger partial charge in [0.2, 0.25) is 5.91 Å². The molecule has 158 valence electrons. The topological polar surface area (TPSA) is 61.4 Å². The summed E-state index contributed by atoms with van der Waals surface area (Å²) in [5.41, 5.74) is 0.854. The zero-order valence-electron chi connectivity index (χ0n) is 16.0. The van der Waals surface area contributed by atoms with Crippen LogP contribution in [0, 0.1) is 11.7 Å². The van der Waals surface area contributed by atoms with Gasteiger partial charge in [0.25, 0.3) is 0 Å². The minimum absolute atomic E-state index is 0. The lowest BCUT2D eigenvalue weighted by Gasteiger charge is -2.40. The van der Waals surface area contributed by atoms with Crippen molar-refractivity contribution in [2.45, 2.75) is 18.9 Å². The lowest BCUT2D eigenvalue weighted by Crippen LogP contribution is -2.52. The molecule has 1 atom stereocenters. The second-order valence-corrected chi connectivity index (χ2v) is 7.13. The lowest BCUT2D eigenvalue weighted by molar-refractivity contribution is -0.139.